The molecule has 1 aliphatic rings. The van der Waals surface area contributed by atoms with Crippen LogP contribution in [0.1, 0.15) is 11.1 Å². The fourth-order valence-corrected chi connectivity index (χ4v) is 1.82. The highest BCUT2D eigenvalue weighted by Crippen LogP contribution is 2.32. The maximum Gasteiger partial charge on any atom is 0.131 e. The Morgan fingerprint density at radius 1 is 1.15 bits per heavy atom. The van der Waals surface area contributed by atoms with E-state index in [4.69, 9.17) is 5.73 Å². The second-order valence-corrected chi connectivity index (χ2v) is 3.20. The highest BCUT2D eigenvalue weighted by Gasteiger charge is 2.11. The lowest BCUT2D eigenvalue weighted by atomic mass is 10.1. The monoisotopic (exact) mass is 168 g/mol. The van der Waals surface area contributed by atoms with Crippen molar-refractivity contribution >= 4 is 28.7 Å². The Labute approximate surface area is 75.7 Å². The number of hydrogen-bond donors (Lipinski definition) is 1. The molecule has 0 unspecified atom stereocenters. The summed E-state index contributed by atoms with van der Waals surface area (Å²) in [6, 6.07) is 6.19. The van der Waals surface area contributed by atoms with Gasteiger partial charge in [0.25, 0.3) is 0 Å². The average molecular weight is 168 g/mol. The molecule has 2 aromatic rings. The number of nitrogen functional groups attached to an aromatic ring is 1. The molecule has 1 aliphatic carbocycles. The zero-order chi connectivity index (χ0) is 8.84. The lowest BCUT2D eigenvalue weighted by molar-refractivity contribution is 1.36. The third-order valence-corrected chi connectivity index (χ3v) is 2.45. The third kappa shape index (κ3) is 0.746. The zero-order valence-corrected chi connectivity index (χ0v) is 6.99. The van der Waals surface area contributed by atoms with E-state index in [2.05, 4.69) is 23.2 Å². The number of anilines is 1. The summed E-state index contributed by atoms with van der Waals surface area (Å²) in [7, 11) is 0. The molecular formula is C11H8N2. The minimum Gasteiger partial charge on any atom is -0.383 e. The van der Waals surface area contributed by atoms with Gasteiger partial charge in [0.1, 0.15) is 5.82 Å². The zero-order valence-electron chi connectivity index (χ0n) is 6.99. The van der Waals surface area contributed by atoms with Crippen molar-refractivity contribution in [2.75, 3.05) is 5.73 Å². The molecule has 0 amide bonds. The lowest BCUT2D eigenvalue weighted by Crippen LogP contribution is -1.93. The maximum atomic E-state index is 5.77. The summed E-state index contributed by atoms with van der Waals surface area (Å²) in [6.45, 7) is 0. The summed E-state index contributed by atoms with van der Waals surface area (Å²) in [5.74, 6) is 0.619. The summed E-state index contributed by atoms with van der Waals surface area (Å²) in [5, 5.41) is 2.39. The smallest absolute Gasteiger partial charge is 0.131 e. The summed E-state index contributed by atoms with van der Waals surface area (Å²) < 4.78 is 0. The molecule has 0 atom stereocenters. The van der Waals surface area contributed by atoms with Gasteiger partial charge < -0.3 is 5.73 Å². The van der Waals surface area contributed by atoms with Gasteiger partial charge in [0, 0.05) is 22.5 Å². The number of pyridine rings is 1. The Hall–Kier alpha value is -1.83. The fraction of sp³-hybridized carbons (Fsp3) is 0. The number of hydrogen-bond acceptors (Lipinski definition) is 2. The van der Waals surface area contributed by atoms with E-state index < -0.39 is 0 Å². The van der Waals surface area contributed by atoms with Crippen molar-refractivity contribution in [3.05, 3.63) is 35.5 Å². The number of nitrogens with zero attached hydrogens (tertiary/aromatic N) is 1. The number of aromatic nitrogens is 1. The normalized spacial score (nSPS) is 12.6. The van der Waals surface area contributed by atoms with Crippen molar-refractivity contribution in [1.82, 2.24) is 4.98 Å². The molecule has 0 bridgehead atoms. The molecule has 0 radical (unpaired) electrons. The van der Waals surface area contributed by atoms with E-state index in [9.17, 15) is 0 Å². The van der Waals surface area contributed by atoms with Crippen LogP contribution >= 0.6 is 0 Å². The Balaban J connectivity index is 2.62. The van der Waals surface area contributed by atoms with Crippen LogP contribution < -0.4 is 5.73 Å². The van der Waals surface area contributed by atoms with Gasteiger partial charge in [0.05, 0.1) is 0 Å². The number of benzene rings is 1. The van der Waals surface area contributed by atoms with Crippen LogP contribution in [0.5, 0.6) is 0 Å². The van der Waals surface area contributed by atoms with Gasteiger partial charge in [-0.15, -0.1) is 0 Å². The highest BCUT2D eigenvalue weighted by molar-refractivity contribution is 6.06. The predicted octanol–water partition coefficient (Wildman–Crippen LogP) is 2.30. The van der Waals surface area contributed by atoms with Crippen LogP contribution in [0.3, 0.4) is 0 Å². The van der Waals surface area contributed by atoms with Crippen LogP contribution in [0.2, 0.25) is 0 Å². The first-order valence-corrected chi connectivity index (χ1v) is 4.21. The molecule has 1 heterocycles. The van der Waals surface area contributed by atoms with Gasteiger partial charge in [-0.2, -0.15) is 0 Å². The SMILES string of the molecule is Nc1ncc2cccc3c2c1C=C3. The third-order valence-electron chi connectivity index (χ3n) is 2.45. The molecule has 2 heteroatoms. The summed E-state index contributed by atoms with van der Waals surface area (Å²) in [6.07, 6.45) is 5.93. The van der Waals surface area contributed by atoms with Crippen LogP contribution in [0, 0.1) is 0 Å². The first-order chi connectivity index (χ1) is 6.36. The summed E-state index contributed by atoms with van der Waals surface area (Å²) >= 11 is 0. The molecule has 0 saturated heterocycles. The number of rotatable bonds is 0. The molecular weight excluding hydrogens is 160 g/mol. The molecule has 0 saturated carbocycles. The molecule has 1 aromatic heterocycles. The van der Waals surface area contributed by atoms with Gasteiger partial charge in [0.2, 0.25) is 0 Å². The van der Waals surface area contributed by atoms with Crippen molar-refractivity contribution in [2.45, 2.75) is 0 Å². The van der Waals surface area contributed by atoms with Gasteiger partial charge in [0.15, 0.2) is 0 Å². The van der Waals surface area contributed by atoms with Crippen molar-refractivity contribution in [3.8, 4) is 0 Å². The van der Waals surface area contributed by atoms with E-state index in [1.54, 1.807) is 0 Å². The van der Waals surface area contributed by atoms with E-state index in [0.717, 1.165) is 10.9 Å². The van der Waals surface area contributed by atoms with Gasteiger partial charge in [-0.1, -0.05) is 30.4 Å². The highest BCUT2D eigenvalue weighted by atomic mass is 14.8. The molecule has 62 valence electrons. The molecule has 0 aliphatic heterocycles. The molecule has 3 rings (SSSR count). The van der Waals surface area contributed by atoms with Crippen LogP contribution in [-0.2, 0) is 0 Å². The minimum atomic E-state index is 0.619. The average Bonchev–Trinajstić information content (AvgIpc) is 2.57. The molecule has 2 N–H and O–H groups in total. The van der Waals surface area contributed by atoms with Crippen molar-refractivity contribution in [1.29, 1.82) is 0 Å². The van der Waals surface area contributed by atoms with Gasteiger partial charge in [-0.25, -0.2) is 4.98 Å². The van der Waals surface area contributed by atoms with Gasteiger partial charge in [-0.05, 0) is 5.56 Å². The van der Waals surface area contributed by atoms with Crippen LogP contribution in [0.15, 0.2) is 24.4 Å². The molecule has 13 heavy (non-hydrogen) atoms. The quantitative estimate of drug-likeness (QED) is 0.559. The van der Waals surface area contributed by atoms with Crippen molar-refractivity contribution in [2.24, 2.45) is 0 Å². The van der Waals surface area contributed by atoms with Crippen LogP contribution in [-0.4, -0.2) is 4.98 Å². The molecule has 0 spiro atoms. The second-order valence-electron chi connectivity index (χ2n) is 3.20. The molecule has 2 nitrogen and oxygen atoms in total. The molecule has 1 aromatic carbocycles. The Bertz CT molecular complexity index is 527. The largest absolute Gasteiger partial charge is 0.383 e. The van der Waals surface area contributed by atoms with E-state index in [1.165, 1.54) is 10.9 Å². The minimum absolute atomic E-state index is 0.619. The van der Waals surface area contributed by atoms with Crippen molar-refractivity contribution < 1.29 is 0 Å². The summed E-state index contributed by atoms with van der Waals surface area (Å²) in [5.41, 5.74) is 8.07. The van der Waals surface area contributed by atoms with E-state index >= 15 is 0 Å². The van der Waals surface area contributed by atoms with E-state index in [1.807, 2.05) is 18.3 Å². The Morgan fingerprint density at radius 2 is 2.08 bits per heavy atom. The first-order valence-electron chi connectivity index (χ1n) is 4.21. The second kappa shape index (κ2) is 2.10. The Morgan fingerprint density at radius 3 is 3.00 bits per heavy atom. The van der Waals surface area contributed by atoms with E-state index in [0.29, 0.717) is 5.82 Å². The summed E-state index contributed by atoms with van der Waals surface area (Å²) in [4.78, 5) is 4.14. The van der Waals surface area contributed by atoms with Gasteiger partial charge in [-0.3, -0.25) is 0 Å². The first kappa shape index (κ1) is 6.66. The predicted molar refractivity (Wildman–Crippen MR) is 55.1 cm³/mol. The fourth-order valence-electron chi connectivity index (χ4n) is 1.82. The topological polar surface area (TPSA) is 38.9 Å². The van der Waals surface area contributed by atoms with Crippen LogP contribution in [0.4, 0.5) is 5.82 Å². The Kier molecular flexibility index (Phi) is 1.08. The van der Waals surface area contributed by atoms with Gasteiger partial charge >= 0.3 is 0 Å². The lowest BCUT2D eigenvalue weighted by Gasteiger charge is -2.02. The standard InChI is InChI=1S/C11H8N2/c12-11-9-5-4-7-2-1-3-8(6-13-11)10(7)9/h1-6H,(H2,12,13). The maximum absolute atomic E-state index is 5.77. The number of nitrogens with two attached hydrogens (primary N) is 1. The van der Waals surface area contributed by atoms with E-state index in [-0.39, 0.29) is 0 Å². The molecule has 0 fully saturated rings. The van der Waals surface area contributed by atoms with Crippen LogP contribution in [0.25, 0.3) is 22.9 Å². The van der Waals surface area contributed by atoms with Crippen molar-refractivity contribution in [3.63, 3.8) is 0 Å².